The Hall–Kier alpha value is -2.72. The number of halogens is 5. The van der Waals surface area contributed by atoms with Crippen molar-refractivity contribution in [3.8, 4) is 0 Å². The standard InChI is InChI=1S/C19H19F5N2O3/c20-14-5-12(6-15(21)8-14)7-16(26-18(28)29)17(27)10-25-9-11-2-1-3-13(4-11)19(22,23)24/h1-6,8,16-17,25-27H,7,9-10H2,(H,28,29)/t16-,17-/m0/s1. The van der Waals surface area contributed by atoms with Crippen molar-refractivity contribution in [3.63, 3.8) is 0 Å². The first-order valence-corrected chi connectivity index (χ1v) is 8.54. The van der Waals surface area contributed by atoms with Crippen molar-refractivity contribution in [2.75, 3.05) is 6.54 Å². The van der Waals surface area contributed by atoms with E-state index in [2.05, 4.69) is 10.6 Å². The quantitative estimate of drug-likeness (QED) is 0.496. The minimum atomic E-state index is -4.48. The fraction of sp³-hybridized carbons (Fsp3) is 0.316. The molecule has 158 valence electrons. The van der Waals surface area contributed by atoms with Gasteiger partial charge in [-0.25, -0.2) is 13.6 Å². The summed E-state index contributed by atoms with van der Waals surface area (Å²) in [6.07, 6.45) is -7.41. The van der Waals surface area contributed by atoms with Crippen molar-refractivity contribution in [1.82, 2.24) is 10.6 Å². The van der Waals surface area contributed by atoms with Gasteiger partial charge in [-0.2, -0.15) is 13.2 Å². The second-order valence-corrected chi connectivity index (χ2v) is 6.43. The molecule has 0 fully saturated rings. The molecule has 0 aliphatic heterocycles. The summed E-state index contributed by atoms with van der Waals surface area (Å²) in [5.74, 6) is -1.68. The van der Waals surface area contributed by atoms with Crippen molar-refractivity contribution in [2.45, 2.75) is 31.3 Å². The van der Waals surface area contributed by atoms with E-state index in [9.17, 15) is 31.9 Å². The molecule has 0 saturated heterocycles. The molecule has 0 bridgehead atoms. The molecule has 2 aromatic carbocycles. The third-order valence-corrected chi connectivity index (χ3v) is 4.09. The zero-order valence-corrected chi connectivity index (χ0v) is 15.0. The molecule has 2 aromatic rings. The molecule has 5 nitrogen and oxygen atoms in total. The van der Waals surface area contributed by atoms with Crippen LogP contribution in [0.15, 0.2) is 42.5 Å². The molecular weight excluding hydrogens is 399 g/mol. The van der Waals surface area contributed by atoms with Gasteiger partial charge in [-0.05, 0) is 35.7 Å². The number of alkyl halides is 3. The number of aliphatic hydroxyl groups is 1. The van der Waals surface area contributed by atoms with Gasteiger partial charge in [0.1, 0.15) is 11.6 Å². The second-order valence-electron chi connectivity index (χ2n) is 6.43. The zero-order valence-electron chi connectivity index (χ0n) is 15.0. The Morgan fingerprint density at radius 1 is 1.03 bits per heavy atom. The first kappa shape index (κ1) is 22.6. The normalized spacial score (nSPS) is 13.7. The van der Waals surface area contributed by atoms with Gasteiger partial charge in [0.15, 0.2) is 0 Å². The highest BCUT2D eigenvalue weighted by Crippen LogP contribution is 2.29. The van der Waals surface area contributed by atoms with E-state index in [1.807, 2.05) is 0 Å². The van der Waals surface area contributed by atoms with Crippen LogP contribution in [0.4, 0.5) is 26.7 Å². The molecule has 0 aromatic heterocycles. The third-order valence-electron chi connectivity index (χ3n) is 4.09. The number of nitrogens with one attached hydrogen (secondary N) is 2. The monoisotopic (exact) mass is 418 g/mol. The van der Waals surface area contributed by atoms with E-state index in [1.165, 1.54) is 12.1 Å². The number of amides is 1. The van der Waals surface area contributed by atoms with Gasteiger partial charge < -0.3 is 20.8 Å². The molecule has 0 aliphatic carbocycles. The summed E-state index contributed by atoms with van der Waals surface area (Å²) in [5, 5.41) is 24.0. The fourth-order valence-electron chi connectivity index (χ4n) is 2.79. The zero-order chi connectivity index (χ0) is 21.6. The summed E-state index contributed by atoms with van der Waals surface area (Å²) in [7, 11) is 0. The van der Waals surface area contributed by atoms with Gasteiger partial charge in [-0.15, -0.1) is 0 Å². The first-order chi connectivity index (χ1) is 13.5. The van der Waals surface area contributed by atoms with Crippen molar-refractivity contribution < 1.29 is 37.0 Å². The van der Waals surface area contributed by atoms with Crippen LogP contribution in [0.5, 0.6) is 0 Å². The lowest BCUT2D eigenvalue weighted by Gasteiger charge is -2.23. The summed E-state index contributed by atoms with van der Waals surface area (Å²) < 4.78 is 64.8. The molecule has 2 rings (SSSR count). The highest BCUT2D eigenvalue weighted by Gasteiger charge is 2.30. The van der Waals surface area contributed by atoms with Crippen LogP contribution < -0.4 is 10.6 Å². The van der Waals surface area contributed by atoms with E-state index in [0.29, 0.717) is 11.6 Å². The summed E-state index contributed by atoms with van der Waals surface area (Å²) >= 11 is 0. The summed E-state index contributed by atoms with van der Waals surface area (Å²) in [4.78, 5) is 11.0. The Morgan fingerprint density at radius 3 is 2.28 bits per heavy atom. The van der Waals surface area contributed by atoms with Gasteiger partial charge in [0, 0.05) is 19.2 Å². The van der Waals surface area contributed by atoms with Crippen molar-refractivity contribution in [1.29, 1.82) is 0 Å². The number of carboxylic acid groups (broad SMARTS) is 1. The second kappa shape index (κ2) is 9.66. The van der Waals surface area contributed by atoms with Crippen LogP contribution in [0.2, 0.25) is 0 Å². The van der Waals surface area contributed by atoms with Crippen molar-refractivity contribution in [2.24, 2.45) is 0 Å². The van der Waals surface area contributed by atoms with Gasteiger partial charge in [0.05, 0.1) is 17.7 Å². The maximum Gasteiger partial charge on any atom is 0.416 e. The Balaban J connectivity index is 1.99. The molecule has 0 unspecified atom stereocenters. The molecule has 0 heterocycles. The molecule has 4 N–H and O–H groups in total. The van der Waals surface area contributed by atoms with Crippen LogP contribution in [0, 0.1) is 11.6 Å². The third kappa shape index (κ3) is 7.31. The van der Waals surface area contributed by atoms with Gasteiger partial charge in [-0.1, -0.05) is 18.2 Å². The predicted octanol–water partition coefficient (Wildman–Crippen LogP) is 3.31. The van der Waals surface area contributed by atoms with E-state index in [1.54, 1.807) is 0 Å². The lowest BCUT2D eigenvalue weighted by atomic mass is 10.0. The molecule has 0 spiro atoms. The molecular formula is C19H19F5N2O3. The molecule has 0 aliphatic rings. The largest absolute Gasteiger partial charge is 0.465 e. The number of benzene rings is 2. The average molecular weight is 418 g/mol. The summed E-state index contributed by atoms with van der Waals surface area (Å²) in [6, 6.07) is 6.22. The highest BCUT2D eigenvalue weighted by atomic mass is 19.4. The van der Waals surface area contributed by atoms with Gasteiger partial charge in [-0.3, -0.25) is 0 Å². The van der Waals surface area contributed by atoms with Crippen LogP contribution in [-0.2, 0) is 19.1 Å². The van der Waals surface area contributed by atoms with Gasteiger partial charge in [0.2, 0.25) is 0 Å². The first-order valence-electron chi connectivity index (χ1n) is 8.54. The molecule has 10 heteroatoms. The van der Waals surface area contributed by atoms with E-state index in [4.69, 9.17) is 5.11 Å². The SMILES string of the molecule is O=C(O)N[C@@H](Cc1cc(F)cc(F)c1)[C@@H](O)CNCc1cccc(C(F)(F)F)c1. The Kier molecular flexibility index (Phi) is 7.52. The molecule has 0 saturated carbocycles. The Labute approximate surface area is 163 Å². The number of hydrogen-bond donors (Lipinski definition) is 4. The van der Waals surface area contributed by atoms with Crippen LogP contribution in [0.3, 0.4) is 0 Å². The van der Waals surface area contributed by atoms with Crippen LogP contribution in [0.25, 0.3) is 0 Å². The Morgan fingerprint density at radius 2 is 1.69 bits per heavy atom. The topological polar surface area (TPSA) is 81.6 Å². The van der Waals surface area contributed by atoms with Gasteiger partial charge >= 0.3 is 12.3 Å². The molecule has 0 radical (unpaired) electrons. The minimum Gasteiger partial charge on any atom is -0.465 e. The number of rotatable bonds is 8. The van der Waals surface area contributed by atoms with E-state index >= 15 is 0 Å². The van der Waals surface area contributed by atoms with E-state index in [0.717, 1.165) is 24.3 Å². The maximum atomic E-state index is 13.3. The van der Waals surface area contributed by atoms with E-state index in [-0.39, 0.29) is 25.1 Å². The fourth-order valence-corrected chi connectivity index (χ4v) is 2.79. The maximum absolute atomic E-state index is 13.3. The van der Waals surface area contributed by atoms with E-state index < -0.39 is 41.6 Å². The Bertz CT molecular complexity index is 825. The highest BCUT2D eigenvalue weighted by molar-refractivity contribution is 5.65. The van der Waals surface area contributed by atoms with Crippen LogP contribution in [-0.4, -0.2) is 35.0 Å². The molecule has 1 amide bonds. The predicted molar refractivity (Wildman–Crippen MR) is 94.2 cm³/mol. The number of aliphatic hydroxyl groups excluding tert-OH is 1. The molecule has 2 atom stereocenters. The smallest absolute Gasteiger partial charge is 0.416 e. The van der Waals surface area contributed by atoms with Crippen molar-refractivity contribution >= 4 is 6.09 Å². The summed E-state index contributed by atoms with van der Waals surface area (Å²) in [6.45, 7) is -0.172. The number of hydrogen-bond acceptors (Lipinski definition) is 3. The minimum absolute atomic E-state index is 0.00460. The van der Waals surface area contributed by atoms with Crippen LogP contribution in [0.1, 0.15) is 16.7 Å². The number of carbonyl (C=O) groups is 1. The van der Waals surface area contributed by atoms with Crippen LogP contribution >= 0.6 is 0 Å². The lowest BCUT2D eigenvalue weighted by Crippen LogP contribution is -2.48. The van der Waals surface area contributed by atoms with Crippen molar-refractivity contribution in [3.05, 3.63) is 70.8 Å². The lowest BCUT2D eigenvalue weighted by molar-refractivity contribution is -0.137. The average Bonchev–Trinajstić information content (AvgIpc) is 2.59. The summed E-state index contributed by atoms with van der Waals surface area (Å²) in [5.41, 5.74) is -0.351. The van der Waals surface area contributed by atoms with Gasteiger partial charge in [0.25, 0.3) is 0 Å². The molecule has 29 heavy (non-hydrogen) atoms.